The van der Waals surface area contributed by atoms with Crippen LogP contribution < -0.4 is 4.90 Å². The monoisotopic (exact) mass is 559 g/mol. The molecule has 1 aromatic heterocycles. The Hall–Kier alpha value is -1.76. The van der Waals surface area contributed by atoms with Gasteiger partial charge in [-0.1, -0.05) is 11.3 Å². The number of sulfone groups is 1. The topological polar surface area (TPSA) is 79.8 Å². The number of ether oxygens (including phenoxy) is 1. The molecule has 35 heavy (non-hydrogen) atoms. The number of halogens is 2. The van der Waals surface area contributed by atoms with Gasteiger partial charge in [0, 0.05) is 49.5 Å². The van der Waals surface area contributed by atoms with Crippen LogP contribution >= 0.6 is 35.5 Å². The van der Waals surface area contributed by atoms with E-state index in [-0.39, 0.29) is 29.0 Å². The van der Waals surface area contributed by atoms with Crippen molar-refractivity contribution in [2.24, 2.45) is 0 Å². The summed E-state index contributed by atoms with van der Waals surface area (Å²) in [6, 6.07) is 11.1. The summed E-state index contributed by atoms with van der Waals surface area (Å²) in [6.45, 7) is 4.18. The fourth-order valence-electron chi connectivity index (χ4n) is 3.55. The van der Waals surface area contributed by atoms with Crippen molar-refractivity contribution in [2.45, 2.75) is 16.2 Å². The number of hydrogen-bond donors (Lipinski definition) is 0. The predicted octanol–water partition coefficient (Wildman–Crippen LogP) is 4.11. The van der Waals surface area contributed by atoms with E-state index in [4.69, 9.17) is 4.74 Å². The second kappa shape index (κ2) is 12.5. The highest BCUT2D eigenvalue weighted by atomic mass is 35.5. The van der Waals surface area contributed by atoms with Gasteiger partial charge in [-0.3, -0.25) is 14.6 Å². The van der Waals surface area contributed by atoms with Crippen LogP contribution in [0.5, 0.6) is 0 Å². The Kier molecular flexibility index (Phi) is 9.91. The highest BCUT2D eigenvalue weighted by Gasteiger charge is 2.22. The fourth-order valence-corrected chi connectivity index (χ4v) is 6.16. The molecule has 0 radical (unpaired) electrons. The number of anilines is 1. The second-order valence-corrected chi connectivity index (χ2v) is 12.1. The summed E-state index contributed by atoms with van der Waals surface area (Å²) >= 11 is 2.82. The lowest BCUT2D eigenvalue weighted by Gasteiger charge is -2.29. The zero-order chi connectivity index (χ0) is 24.1. The highest BCUT2D eigenvalue weighted by molar-refractivity contribution is 7.99. The van der Waals surface area contributed by atoms with Crippen LogP contribution in [0.15, 0.2) is 52.3 Å². The molecular formula is C23H27ClFN3O4S3. The molecule has 4 rings (SSSR count). The van der Waals surface area contributed by atoms with Crippen LogP contribution in [-0.4, -0.2) is 75.6 Å². The zero-order valence-electron chi connectivity index (χ0n) is 19.2. The second-order valence-electron chi connectivity index (χ2n) is 7.95. The quantitative estimate of drug-likeness (QED) is 0.365. The number of carbonyl (C=O) groups excluding carboxylic acids is 1. The number of amides is 1. The first-order valence-electron chi connectivity index (χ1n) is 10.9. The predicted molar refractivity (Wildman–Crippen MR) is 141 cm³/mol. The maximum atomic E-state index is 13.2. The Bertz CT molecular complexity index is 1250. The van der Waals surface area contributed by atoms with Gasteiger partial charge in [-0.05, 0) is 42.5 Å². The molecular weight excluding hydrogens is 533 g/mol. The van der Waals surface area contributed by atoms with Crippen LogP contribution in [0.4, 0.5) is 9.52 Å². The minimum Gasteiger partial charge on any atom is -0.379 e. The van der Waals surface area contributed by atoms with Gasteiger partial charge in [-0.25, -0.2) is 17.8 Å². The third kappa shape index (κ3) is 7.61. The Balaban J connectivity index is 0.00000342. The number of fused-ring (bicyclic) bond motifs is 1. The van der Waals surface area contributed by atoms with Crippen LogP contribution in [0.3, 0.4) is 0 Å². The van der Waals surface area contributed by atoms with Crippen molar-refractivity contribution < 1.29 is 22.3 Å². The molecule has 2 heterocycles. The van der Waals surface area contributed by atoms with Crippen LogP contribution in [0.25, 0.3) is 10.2 Å². The molecule has 3 aromatic rings. The smallest absolute Gasteiger partial charge is 0.229 e. The van der Waals surface area contributed by atoms with Crippen LogP contribution in [0.1, 0.15) is 6.42 Å². The number of thioether (sulfide) groups is 1. The van der Waals surface area contributed by atoms with Crippen molar-refractivity contribution in [1.82, 2.24) is 9.88 Å². The van der Waals surface area contributed by atoms with Gasteiger partial charge in [0.15, 0.2) is 15.0 Å². The number of nitrogens with zero attached hydrogens (tertiary/aromatic N) is 3. The molecule has 1 saturated heterocycles. The summed E-state index contributed by atoms with van der Waals surface area (Å²) in [4.78, 5) is 23.0. The normalized spacial score (nSPS) is 14.6. The molecule has 1 aliphatic rings. The molecule has 7 nitrogen and oxygen atoms in total. The number of aromatic nitrogens is 1. The molecule has 1 amide bonds. The number of carbonyl (C=O) groups is 1. The molecule has 0 atom stereocenters. The number of rotatable bonds is 9. The minimum absolute atomic E-state index is 0. The third-order valence-electron chi connectivity index (χ3n) is 5.45. The van der Waals surface area contributed by atoms with Crippen molar-refractivity contribution >= 4 is 66.6 Å². The van der Waals surface area contributed by atoms with E-state index in [9.17, 15) is 17.6 Å². The average molecular weight is 560 g/mol. The highest BCUT2D eigenvalue weighted by Crippen LogP contribution is 2.31. The van der Waals surface area contributed by atoms with Gasteiger partial charge in [-0.15, -0.1) is 24.2 Å². The Labute approximate surface area is 219 Å². The molecule has 1 aliphatic heterocycles. The summed E-state index contributed by atoms with van der Waals surface area (Å²) in [5.41, 5.74) is 0.664. The number of thiazole rings is 1. The molecule has 12 heteroatoms. The van der Waals surface area contributed by atoms with Crippen LogP contribution in [-0.2, 0) is 19.4 Å². The molecule has 190 valence electrons. The van der Waals surface area contributed by atoms with Crippen LogP contribution in [0.2, 0.25) is 0 Å². The largest absolute Gasteiger partial charge is 0.379 e. The molecule has 0 unspecified atom stereocenters. The maximum Gasteiger partial charge on any atom is 0.229 e. The van der Waals surface area contributed by atoms with Crippen molar-refractivity contribution in [3.05, 3.63) is 48.3 Å². The van der Waals surface area contributed by atoms with Gasteiger partial charge >= 0.3 is 0 Å². The van der Waals surface area contributed by atoms with E-state index in [2.05, 4.69) is 9.88 Å². The van der Waals surface area contributed by atoms with Crippen molar-refractivity contribution in [2.75, 3.05) is 56.3 Å². The Morgan fingerprint density at radius 3 is 2.60 bits per heavy atom. The first-order valence-corrected chi connectivity index (χ1v) is 14.6. The molecule has 0 aliphatic carbocycles. The van der Waals surface area contributed by atoms with Crippen molar-refractivity contribution in [3.63, 3.8) is 0 Å². The van der Waals surface area contributed by atoms with Gasteiger partial charge in [0.1, 0.15) is 5.82 Å². The summed E-state index contributed by atoms with van der Waals surface area (Å²) in [6.07, 6.45) is 1.47. The third-order valence-corrected chi connectivity index (χ3v) is 8.62. The lowest BCUT2D eigenvalue weighted by atomic mass is 10.3. The lowest BCUT2D eigenvalue weighted by molar-refractivity contribution is -0.118. The molecule has 0 bridgehead atoms. The lowest BCUT2D eigenvalue weighted by Crippen LogP contribution is -2.43. The molecule has 0 N–H and O–H groups in total. The van der Waals surface area contributed by atoms with E-state index in [1.807, 2.05) is 0 Å². The van der Waals surface area contributed by atoms with Crippen LogP contribution in [0, 0.1) is 5.82 Å². The molecule has 0 saturated carbocycles. The summed E-state index contributed by atoms with van der Waals surface area (Å²) in [7, 11) is -3.33. The molecule has 0 spiro atoms. The summed E-state index contributed by atoms with van der Waals surface area (Å²) in [5, 5.41) is 0.561. The average Bonchev–Trinajstić information content (AvgIpc) is 3.24. The van der Waals surface area contributed by atoms with Gasteiger partial charge in [-0.2, -0.15) is 0 Å². The first-order chi connectivity index (χ1) is 16.3. The van der Waals surface area contributed by atoms with Gasteiger partial charge in [0.2, 0.25) is 5.91 Å². The van der Waals surface area contributed by atoms with Crippen molar-refractivity contribution in [3.8, 4) is 0 Å². The van der Waals surface area contributed by atoms with Gasteiger partial charge in [0.25, 0.3) is 0 Å². The Morgan fingerprint density at radius 1 is 1.20 bits per heavy atom. The Morgan fingerprint density at radius 2 is 1.91 bits per heavy atom. The van der Waals surface area contributed by atoms with Crippen molar-refractivity contribution in [1.29, 1.82) is 0 Å². The van der Waals surface area contributed by atoms with E-state index in [1.54, 1.807) is 35.2 Å². The molecule has 2 aromatic carbocycles. The zero-order valence-corrected chi connectivity index (χ0v) is 22.4. The number of benzene rings is 2. The summed E-state index contributed by atoms with van der Waals surface area (Å²) in [5.74, 6) is 0.219. The minimum atomic E-state index is -3.33. The van der Waals surface area contributed by atoms with Gasteiger partial charge < -0.3 is 4.74 Å². The van der Waals surface area contributed by atoms with Gasteiger partial charge in [0.05, 0.1) is 28.3 Å². The SMILES string of the molecule is CS(=O)(=O)c1ccc2nc(N(CCN3CCOCC3)C(=O)CCSc3ccc(F)cc3)sc2c1.Cl. The van der Waals surface area contributed by atoms with E-state index >= 15 is 0 Å². The summed E-state index contributed by atoms with van der Waals surface area (Å²) < 4.78 is 43.1. The van der Waals surface area contributed by atoms with E-state index < -0.39 is 9.84 Å². The molecule has 1 fully saturated rings. The van der Waals surface area contributed by atoms with E-state index in [0.29, 0.717) is 49.1 Å². The number of morpholine rings is 1. The van der Waals surface area contributed by atoms with E-state index in [0.717, 1.165) is 22.7 Å². The number of hydrogen-bond acceptors (Lipinski definition) is 8. The standard InChI is InChI=1S/C23H26FN3O4S3.ClH/c1-34(29,30)19-6-7-20-21(16-19)33-23(25-20)27(10-9-26-11-13-31-14-12-26)22(28)8-15-32-18-4-2-17(24)3-5-18;/h2-7,16H,8-15H2,1H3;1H. The first kappa shape index (κ1) is 27.8. The van der Waals surface area contributed by atoms with E-state index in [1.165, 1.54) is 41.5 Å². The maximum absolute atomic E-state index is 13.2. The fraction of sp³-hybridized carbons (Fsp3) is 0.391.